The van der Waals surface area contributed by atoms with Gasteiger partial charge in [0.1, 0.15) is 5.75 Å². The van der Waals surface area contributed by atoms with E-state index < -0.39 is 15.5 Å². The lowest BCUT2D eigenvalue weighted by molar-refractivity contribution is -0.394. The SMILES string of the molecule is C/C(=N\Oc1ccc([N+](=O)[O-])cc1[N+](=O)[O-])[C@H]1CCCC[C@@H]1c1cccc(O)c1. The van der Waals surface area contributed by atoms with Crippen LogP contribution in [0, 0.1) is 26.1 Å². The van der Waals surface area contributed by atoms with Crippen molar-refractivity contribution in [3.8, 4) is 11.5 Å². The van der Waals surface area contributed by atoms with Gasteiger partial charge in [-0.25, -0.2) is 0 Å². The van der Waals surface area contributed by atoms with E-state index in [2.05, 4.69) is 5.16 Å². The van der Waals surface area contributed by atoms with Gasteiger partial charge in [0, 0.05) is 12.0 Å². The van der Waals surface area contributed by atoms with E-state index >= 15 is 0 Å². The molecule has 0 amide bonds. The normalized spacial score (nSPS) is 19.6. The van der Waals surface area contributed by atoms with Crippen molar-refractivity contribution in [1.29, 1.82) is 0 Å². The van der Waals surface area contributed by atoms with Gasteiger partial charge in [-0.05, 0) is 49.4 Å². The van der Waals surface area contributed by atoms with Crippen LogP contribution in [0.3, 0.4) is 0 Å². The fourth-order valence-corrected chi connectivity index (χ4v) is 3.81. The molecule has 152 valence electrons. The Hall–Kier alpha value is -3.49. The zero-order chi connectivity index (χ0) is 21.0. The van der Waals surface area contributed by atoms with E-state index in [9.17, 15) is 25.3 Å². The van der Waals surface area contributed by atoms with Crippen LogP contribution < -0.4 is 4.84 Å². The first-order chi connectivity index (χ1) is 13.9. The maximum Gasteiger partial charge on any atom is 0.321 e. The molecule has 3 rings (SSSR count). The number of rotatable bonds is 6. The second-order valence-electron chi connectivity index (χ2n) is 7.08. The van der Waals surface area contributed by atoms with E-state index in [0.717, 1.165) is 43.4 Å². The summed E-state index contributed by atoms with van der Waals surface area (Å²) in [5, 5.41) is 36.0. The Kier molecular flexibility index (Phi) is 6.06. The van der Waals surface area contributed by atoms with Crippen LogP contribution in [0.4, 0.5) is 11.4 Å². The van der Waals surface area contributed by atoms with E-state index in [1.54, 1.807) is 18.2 Å². The van der Waals surface area contributed by atoms with Crippen molar-refractivity contribution in [2.24, 2.45) is 11.1 Å². The number of oxime groups is 1. The minimum atomic E-state index is -0.733. The van der Waals surface area contributed by atoms with Crippen LogP contribution in [0.25, 0.3) is 0 Å². The lowest BCUT2D eigenvalue weighted by Crippen LogP contribution is -2.24. The number of aromatic hydroxyl groups is 1. The van der Waals surface area contributed by atoms with Crippen molar-refractivity contribution in [3.05, 3.63) is 68.3 Å². The summed E-state index contributed by atoms with van der Waals surface area (Å²) >= 11 is 0. The van der Waals surface area contributed by atoms with Crippen molar-refractivity contribution in [1.82, 2.24) is 0 Å². The topological polar surface area (TPSA) is 128 Å². The van der Waals surface area contributed by atoms with Crippen LogP contribution in [-0.2, 0) is 0 Å². The number of nitro benzene ring substituents is 2. The number of non-ortho nitro benzene ring substituents is 1. The van der Waals surface area contributed by atoms with Crippen molar-refractivity contribution >= 4 is 17.1 Å². The highest BCUT2D eigenvalue weighted by molar-refractivity contribution is 5.85. The Morgan fingerprint density at radius 3 is 2.55 bits per heavy atom. The van der Waals surface area contributed by atoms with Gasteiger partial charge in [-0.1, -0.05) is 30.1 Å². The summed E-state index contributed by atoms with van der Waals surface area (Å²) in [7, 11) is 0. The van der Waals surface area contributed by atoms with Gasteiger partial charge in [0.15, 0.2) is 0 Å². The quantitative estimate of drug-likeness (QED) is 0.416. The predicted octanol–water partition coefficient (Wildman–Crippen LogP) is 4.94. The first kappa shape index (κ1) is 20.2. The molecule has 29 heavy (non-hydrogen) atoms. The molecule has 0 radical (unpaired) electrons. The molecule has 1 saturated carbocycles. The molecule has 1 aliphatic rings. The fourth-order valence-electron chi connectivity index (χ4n) is 3.81. The number of hydrogen-bond acceptors (Lipinski definition) is 7. The van der Waals surface area contributed by atoms with Crippen LogP contribution in [0.15, 0.2) is 47.6 Å². The average Bonchev–Trinajstić information content (AvgIpc) is 2.71. The molecular formula is C20H21N3O6. The molecule has 2 aromatic carbocycles. The molecule has 0 saturated heterocycles. The zero-order valence-corrected chi connectivity index (χ0v) is 15.9. The third-order valence-corrected chi connectivity index (χ3v) is 5.24. The lowest BCUT2D eigenvalue weighted by Gasteiger charge is -2.31. The monoisotopic (exact) mass is 399 g/mol. The molecule has 9 nitrogen and oxygen atoms in total. The molecule has 0 heterocycles. The van der Waals surface area contributed by atoms with Crippen molar-refractivity contribution in [3.63, 3.8) is 0 Å². The van der Waals surface area contributed by atoms with Crippen LogP contribution in [0.1, 0.15) is 44.1 Å². The van der Waals surface area contributed by atoms with E-state index in [4.69, 9.17) is 4.84 Å². The van der Waals surface area contributed by atoms with Gasteiger partial charge in [-0.2, -0.15) is 0 Å². The van der Waals surface area contributed by atoms with Crippen molar-refractivity contribution in [2.45, 2.75) is 38.5 Å². The number of nitro groups is 2. The molecule has 2 aromatic rings. The van der Waals surface area contributed by atoms with E-state index in [1.807, 2.05) is 13.0 Å². The van der Waals surface area contributed by atoms with Gasteiger partial charge in [-0.15, -0.1) is 0 Å². The summed E-state index contributed by atoms with van der Waals surface area (Å²) in [4.78, 5) is 26.0. The third kappa shape index (κ3) is 4.68. The number of phenolic OH excluding ortho intramolecular Hbond substituents is 1. The molecule has 0 aromatic heterocycles. The lowest BCUT2D eigenvalue weighted by atomic mass is 9.73. The summed E-state index contributed by atoms with van der Waals surface area (Å²) in [5.41, 5.74) is 0.807. The Balaban J connectivity index is 1.84. The van der Waals surface area contributed by atoms with E-state index in [-0.39, 0.29) is 29.0 Å². The molecule has 0 aliphatic heterocycles. The smallest absolute Gasteiger partial charge is 0.321 e. The first-order valence-electron chi connectivity index (χ1n) is 9.30. The zero-order valence-electron chi connectivity index (χ0n) is 15.9. The maximum absolute atomic E-state index is 11.2. The molecule has 1 N–H and O–H groups in total. The van der Waals surface area contributed by atoms with Gasteiger partial charge >= 0.3 is 5.69 Å². The molecule has 1 aliphatic carbocycles. The summed E-state index contributed by atoms with van der Waals surface area (Å²) in [6, 6.07) is 10.3. The van der Waals surface area contributed by atoms with Gasteiger partial charge in [-0.3, -0.25) is 20.2 Å². The highest BCUT2D eigenvalue weighted by Gasteiger charge is 2.29. The van der Waals surface area contributed by atoms with Gasteiger partial charge in [0.05, 0.1) is 21.6 Å². The van der Waals surface area contributed by atoms with Crippen LogP contribution in [0.2, 0.25) is 0 Å². The largest absolute Gasteiger partial charge is 0.508 e. The van der Waals surface area contributed by atoms with Gasteiger partial charge in [0.25, 0.3) is 5.69 Å². The van der Waals surface area contributed by atoms with Gasteiger partial charge in [0.2, 0.25) is 5.75 Å². The first-order valence-corrected chi connectivity index (χ1v) is 9.30. The highest BCUT2D eigenvalue weighted by Crippen LogP contribution is 2.40. The number of benzene rings is 2. The molecule has 0 unspecified atom stereocenters. The summed E-state index contributed by atoms with van der Waals surface area (Å²) in [6.45, 7) is 1.81. The van der Waals surface area contributed by atoms with E-state index in [1.165, 1.54) is 6.07 Å². The predicted molar refractivity (Wildman–Crippen MR) is 106 cm³/mol. The Labute approximate surface area is 166 Å². The van der Waals surface area contributed by atoms with Crippen LogP contribution in [0.5, 0.6) is 11.5 Å². The van der Waals surface area contributed by atoms with Crippen LogP contribution >= 0.6 is 0 Å². The highest BCUT2D eigenvalue weighted by atomic mass is 16.7. The minimum absolute atomic E-state index is 0.0719. The second-order valence-corrected chi connectivity index (χ2v) is 7.08. The maximum atomic E-state index is 11.2. The van der Waals surface area contributed by atoms with Crippen molar-refractivity contribution in [2.75, 3.05) is 0 Å². The molecule has 0 bridgehead atoms. The molecule has 0 spiro atoms. The fraction of sp³-hybridized carbons (Fsp3) is 0.350. The second kappa shape index (κ2) is 8.68. The molecular weight excluding hydrogens is 378 g/mol. The van der Waals surface area contributed by atoms with Gasteiger partial charge < -0.3 is 9.94 Å². The molecule has 9 heteroatoms. The summed E-state index contributed by atoms with van der Waals surface area (Å²) in [5.74, 6) is 0.293. The Morgan fingerprint density at radius 2 is 1.86 bits per heavy atom. The number of hydrogen-bond donors (Lipinski definition) is 1. The molecule has 1 fully saturated rings. The number of phenols is 1. The minimum Gasteiger partial charge on any atom is -0.508 e. The van der Waals surface area contributed by atoms with E-state index in [0.29, 0.717) is 5.71 Å². The Bertz CT molecular complexity index is 959. The summed E-state index contributed by atoms with van der Waals surface area (Å²) < 4.78 is 0. The van der Waals surface area contributed by atoms with Crippen molar-refractivity contribution < 1.29 is 19.8 Å². The average molecular weight is 399 g/mol. The van der Waals surface area contributed by atoms with Crippen LogP contribution in [-0.4, -0.2) is 20.7 Å². The summed E-state index contributed by atoms with van der Waals surface area (Å²) in [6.07, 6.45) is 3.93. The molecule has 2 atom stereocenters. The standard InChI is InChI=1S/C20H21N3O6/c1-13(17-7-2-3-8-18(17)14-5-4-6-16(24)11-14)21-29-20-10-9-15(22(25)26)12-19(20)23(27)28/h4-6,9-12,17-18,24H,2-3,7-8H2,1H3/b21-13+/t17-,18-/m1/s1. The Morgan fingerprint density at radius 1 is 1.10 bits per heavy atom. The third-order valence-electron chi connectivity index (χ3n) is 5.24. The number of nitrogens with zero attached hydrogens (tertiary/aromatic N) is 3.